The molecule has 60 valence electrons. The quantitative estimate of drug-likeness (QED) is 0.523. The molecule has 1 nitrogen and oxygen atoms in total. The van der Waals surface area contributed by atoms with Gasteiger partial charge in [-0.05, 0) is 12.8 Å². The Morgan fingerprint density at radius 2 is 1.90 bits per heavy atom. The zero-order chi connectivity index (χ0) is 7.61. The lowest BCUT2D eigenvalue weighted by Gasteiger charge is -2.19. The van der Waals surface area contributed by atoms with Gasteiger partial charge in [0.05, 0.1) is 6.04 Å². The zero-order valence-corrected chi connectivity index (χ0v) is 5.95. The SMILES string of the molecule is NC1CCCCCC1(F)F. The van der Waals surface area contributed by atoms with Gasteiger partial charge in [0.2, 0.25) is 0 Å². The summed E-state index contributed by atoms with van der Waals surface area (Å²) in [7, 11) is 0. The summed E-state index contributed by atoms with van der Waals surface area (Å²) in [5, 5.41) is 0. The van der Waals surface area contributed by atoms with Crippen molar-refractivity contribution in [3.8, 4) is 0 Å². The molecular formula is C7H13F2N. The van der Waals surface area contributed by atoms with E-state index in [-0.39, 0.29) is 6.42 Å². The van der Waals surface area contributed by atoms with Crippen LogP contribution >= 0.6 is 0 Å². The standard InChI is InChI=1S/C7H13F2N/c8-7(9)5-3-1-2-4-6(7)10/h6H,1-5,10H2. The molecule has 1 saturated carbocycles. The van der Waals surface area contributed by atoms with Gasteiger partial charge in [0, 0.05) is 6.42 Å². The van der Waals surface area contributed by atoms with E-state index in [0.29, 0.717) is 12.8 Å². The van der Waals surface area contributed by atoms with Gasteiger partial charge >= 0.3 is 0 Å². The number of alkyl halides is 2. The van der Waals surface area contributed by atoms with E-state index in [2.05, 4.69) is 0 Å². The molecule has 0 aromatic heterocycles. The number of rotatable bonds is 0. The minimum absolute atomic E-state index is 0.0197. The van der Waals surface area contributed by atoms with Crippen LogP contribution in [0, 0.1) is 0 Å². The first kappa shape index (κ1) is 7.92. The van der Waals surface area contributed by atoms with Crippen molar-refractivity contribution in [2.75, 3.05) is 0 Å². The molecule has 0 aliphatic heterocycles. The Bertz CT molecular complexity index is 114. The highest BCUT2D eigenvalue weighted by Gasteiger charge is 2.37. The van der Waals surface area contributed by atoms with Gasteiger partial charge in [-0.2, -0.15) is 0 Å². The van der Waals surface area contributed by atoms with Gasteiger partial charge in [-0.3, -0.25) is 0 Å². The predicted molar refractivity (Wildman–Crippen MR) is 36.0 cm³/mol. The molecule has 0 aromatic rings. The summed E-state index contributed by atoms with van der Waals surface area (Å²) in [6.07, 6.45) is 2.85. The van der Waals surface area contributed by atoms with E-state index in [1.54, 1.807) is 0 Å². The number of nitrogens with two attached hydrogens (primary N) is 1. The fraction of sp³-hybridized carbons (Fsp3) is 1.00. The van der Waals surface area contributed by atoms with E-state index in [0.717, 1.165) is 12.8 Å². The third-order valence-electron chi connectivity index (χ3n) is 2.07. The average Bonchev–Trinajstić information content (AvgIpc) is 1.96. The lowest BCUT2D eigenvalue weighted by Crippen LogP contribution is -2.39. The highest BCUT2D eigenvalue weighted by molar-refractivity contribution is 4.82. The molecule has 1 fully saturated rings. The van der Waals surface area contributed by atoms with Crippen LogP contribution in [0.1, 0.15) is 32.1 Å². The molecule has 1 aliphatic carbocycles. The van der Waals surface area contributed by atoms with Gasteiger partial charge in [0.25, 0.3) is 5.92 Å². The Labute approximate surface area is 59.6 Å². The van der Waals surface area contributed by atoms with Crippen molar-refractivity contribution in [1.29, 1.82) is 0 Å². The molecular weight excluding hydrogens is 136 g/mol. The van der Waals surface area contributed by atoms with Crippen molar-refractivity contribution in [2.45, 2.75) is 44.1 Å². The molecule has 0 bridgehead atoms. The van der Waals surface area contributed by atoms with Crippen molar-refractivity contribution in [2.24, 2.45) is 5.73 Å². The maximum absolute atomic E-state index is 12.7. The summed E-state index contributed by atoms with van der Waals surface area (Å²) in [5.74, 6) is -2.60. The predicted octanol–water partition coefficient (Wildman–Crippen LogP) is 1.91. The highest BCUT2D eigenvalue weighted by atomic mass is 19.3. The van der Waals surface area contributed by atoms with Crippen LogP contribution in [0.25, 0.3) is 0 Å². The van der Waals surface area contributed by atoms with Crippen LogP contribution in [0.5, 0.6) is 0 Å². The maximum Gasteiger partial charge on any atom is 0.262 e. The molecule has 1 aliphatic rings. The van der Waals surface area contributed by atoms with E-state index >= 15 is 0 Å². The first-order chi connectivity index (χ1) is 4.63. The molecule has 1 unspecified atom stereocenters. The minimum Gasteiger partial charge on any atom is -0.323 e. The summed E-state index contributed by atoms with van der Waals surface area (Å²) in [6, 6.07) is -0.894. The topological polar surface area (TPSA) is 26.0 Å². The van der Waals surface area contributed by atoms with Gasteiger partial charge in [-0.25, -0.2) is 8.78 Å². The van der Waals surface area contributed by atoms with Gasteiger partial charge in [-0.1, -0.05) is 12.8 Å². The summed E-state index contributed by atoms with van der Waals surface area (Å²) >= 11 is 0. The fourth-order valence-electron chi connectivity index (χ4n) is 1.30. The lowest BCUT2D eigenvalue weighted by molar-refractivity contribution is -0.0308. The van der Waals surface area contributed by atoms with Crippen molar-refractivity contribution in [1.82, 2.24) is 0 Å². The summed E-state index contributed by atoms with van der Waals surface area (Å²) < 4.78 is 25.5. The fourth-order valence-corrected chi connectivity index (χ4v) is 1.30. The largest absolute Gasteiger partial charge is 0.323 e. The maximum atomic E-state index is 12.7. The molecule has 3 heteroatoms. The Morgan fingerprint density at radius 3 is 2.60 bits per heavy atom. The average molecular weight is 149 g/mol. The second-order valence-corrected chi connectivity index (χ2v) is 2.97. The third kappa shape index (κ3) is 1.66. The van der Waals surface area contributed by atoms with Crippen molar-refractivity contribution < 1.29 is 8.78 Å². The van der Waals surface area contributed by atoms with Gasteiger partial charge < -0.3 is 5.73 Å². The summed E-state index contributed by atoms with van der Waals surface area (Å²) in [4.78, 5) is 0. The van der Waals surface area contributed by atoms with E-state index < -0.39 is 12.0 Å². The second-order valence-electron chi connectivity index (χ2n) is 2.97. The highest BCUT2D eigenvalue weighted by Crippen LogP contribution is 2.30. The molecule has 1 rings (SSSR count). The van der Waals surface area contributed by atoms with Crippen molar-refractivity contribution >= 4 is 0 Å². The van der Waals surface area contributed by atoms with Crippen LogP contribution in [0.4, 0.5) is 8.78 Å². The Balaban J connectivity index is 2.52. The van der Waals surface area contributed by atoms with Gasteiger partial charge in [0.1, 0.15) is 0 Å². The first-order valence-electron chi connectivity index (χ1n) is 3.76. The summed E-state index contributed by atoms with van der Waals surface area (Å²) in [6.45, 7) is 0. The van der Waals surface area contributed by atoms with Crippen molar-refractivity contribution in [3.05, 3.63) is 0 Å². The van der Waals surface area contributed by atoms with Crippen LogP contribution in [0.2, 0.25) is 0 Å². The number of hydrogen-bond acceptors (Lipinski definition) is 1. The second kappa shape index (κ2) is 2.82. The van der Waals surface area contributed by atoms with Crippen LogP contribution in [0.15, 0.2) is 0 Å². The lowest BCUT2D eigenvalue weighted by atomic mass is 10.1. The molecule has 0 amide bonds. The van der Waals surface area contributed by atoms with E-state index in [1.165, 1.54) is 0 Å². The van der Waals surface area contributed by atoms with E-state index in [9.17, 15) is 8.78 Å². The third-order valence-corrected chi connectivity index (χ3v) is 2.07. The normalized spacial score (nSPS) is 33.3. The molecule has 0 saturated heterocycles. The molecule has 0 aromatic carbocycles. The number of hydrogen-bond donors (Lipinski definition) is 1. The van der Waals surface area contributed by atoms with Crippen molar-refractivity contribution in [3.63, 3.8) is 0 Å². The molecule has 1 atom stereocenters. The monoisotopic (exact) mass is 149 g/mol. The Hall–Kier alpha value is -0.180. The number of halogens is 2. The van der Waals surface area contributed by atoms with Crippen LogP contribution in [-0.4, -0.2) is 12.0 Å². The smallest absolute Gasteiger partial charge is 0.262 e. The van der Waals surface area contributed by atoms with Crippen LogP contribution < -0.4 is 5.73 Å². The Morgan fingerprint density at radius 1 is 1.20 bits per heavy atom. The molecule has 2 N–H and O–H groups in total. The minimum atomic E-state index is -2.60. The zero-order valence-electron chi connectivity index (χ0n) is 5.95. The van der Waals surface area contributed by atoms with E-state index in [4.69, 9.17) is 5.73 Å². The summed E-state index contributed by atoms with van der Waals surface area (Å²) in [5.41, 5.74) is 5.26. The molecule has 0 spiro atoms. The van der Waals surface area contributed by atoms with E-state index in [1.807, 2.05) is 0 Å². The first-order valence-corrected chi connectivity index (χ1v) is 3.76. The van der Waals surface area contributed by atoms with Crippen LogP contribution in [0.3, 0.4) is 0 Å². The van der Waals surface area contributed by atoms with Gasteiger partial charge in [0.15, 0.2) is 0 Å². The Kier molecular flexibility index (Phi) is 2.24. The van der Waals surface area contributed by atoms with Gasteiger partial charge in [-0.15, -0.1) is 0 Å². The molecule has 0 heterocycles. The molecule has 0 radical (unpaired) electrons. The molecule has 10 heavy (non-hydrogen) atoms. The van der Waals surface area contributed by atoms with Crippen LogP contribution in [-0.2, 0) is 0 Å².